The molecule has 0 atom stereocenters. The Labute approximate surface area is 193 Å². The lowest BCUT2D eigenvalue weighted by Gasteiger charge is -2.22. The predicted octanol–water partition coefficient (Wildman–Crippen LogP) is 5.03. The van der Waals surface area contributed by atoms with E-state index in [1.807, 2.05) is 0 Å². The minimum atomic E-state index is -1.08. The Balaban J connectivity index is 1.65. The van der Waals surface area contributed by atoms with Gasteiger partial charge in [-0.25, -0.2) is 14.8 Å². The van der Waals surface area contributed by atoms with Crippen LogP contribution in [0.2, 0.25) is 5.02 Å². The number of hydrogen-bond donors (Lipinski definition) is 3. The van der Waals surface area contributed by atoms with Crippen LogP contribution in [0.3, 0.4) is 0 Å². The summed E-state index contributed by atoms with van der Waals surface area (Å²) in [5.41, 5.74) is 2.37. The molecule has 4 aromatic rings. The fraction of sp³-hybridized carbons (Fsp3) is 0.182. The first-order chi connectivity index (χ1) is 15.8. The van der Waals surface area contributed by atoms with Crippen molar-refractivity contribution < 1.29 is 23.8 Å². The van der Waals surface area contributed by atoms with Crippen LogP contribution in [0.5, 0.6) is 5.95 Å². The molecule has 10 nitrogen and oxygen atoms in total. The average molecular weight is 470 g/mol. The molecule has 33 heavy (non-hydrogen) atoms. The topological polar surface area (TPSA) is 134 Å². The second-order valence-corrected chi connectivity index (χ2v) is 7.78. The number of nitrogens with one attached hydrogen (secondary N) is 2. The van der Waals surface area contributed by atoms with Gasteiger partial charge in [0.1, 0.15) is 5.82 Å². The van der Waals surface area contributed by atoms with Crippen molar-refractivity contribution in [3.8, 4) is 17.3 Å². The summed E-state index contributed by atoms with van der Waals surface area (Å²) in [6.07, 6.45) is 0.378. The summed E-state index contributed by atoms with van der Waals surface area (Å²) in [7, 11) is 1.44. The summed E-state index contributed by atoms with van der Waals surface area (Å²) in [4.78, 5) is 37.1. The molecule has 0 saturated heterocycles. The average Bonchev–Trinajstić information content (AvgIpc) is 3.41. The van der Waals surface area contributed by atoms with Crippen molar-refractivity contribution in [3.63, 3.8) is 0 Å². The molecular formula is C22H20ClN5O5. The zero-order valence-electron chi connectivity index (χ0n) is 17.9. The largest absolute Gasteiger partial charge is 0.468 e. The molecule has 11 heteroatoms. The molecule has 2 amide bonds. The third-order valence-corrected chi connectivity index (χ3v) is 5.14. The first-order valence-corrected chi connectivity index (χ1v) is 10.3. The highest BCUT2D eigenvalue weighted by Gasteiger charge is 2.20. The van der Waals surface area contributed by atoms with Crippen LogP contribution >= 0.6 is 11.6 Å². The monoisotopic (exact) mass is 469 g/mol. The molecule has 0 aliphatic carbocycles. The number of furan rings is 1. The van der Waals surface area contributed by atoms with Crippen molar-refractivity contribution in [2.75, 3.05) is 17.3 Å². The van der Waals surface area contributed by atoms with E-state index < -0.39 is 12.0 Å². The Hall–Kier alpha value is -4.05. The Bertz CT molecular complexity index is 1350. The number of imidazole rings is 1. The minimum Gasteiger partial charge on any atom is -0.468 e. The van der Waals surface area contributed by atoms with Crippen LogP contribution < -0.4 is 15.0 Å². The highest BCUT2D eigenvalue weighted by molar-refractivity contribution is 6.33. The second kappa shape index (κ2) is 8.83. The molecule has 3 aromatic heterocycles. The lowest BCUT2D eigenvalue weighted by atomic mass is 10.2. The van der Waals surface area contributed by atoms with E-state index in [2.05, 4.69) is 20.3 Å². The predicted molar refractivity (Wildman–Crippen MR) is 123 cm³/mol. The van der Waals surface area contributed by atoms with Crippen molar-refractivity contribution in [1.29, 1.82) is 0 Å². The molecule has 0 spiro atoms. The Kier molecular flexibility index (Phi) is 5.93. The Morgan fingerprint density at radius 1 is 1.24 bits per heavy atom. The fourth-order valence-corrected chi connectivity index (χ4v) is 3.51. The molecule has 0 fully saturated rings. The van der Waals surface area contributed by atoms with Gasteiger partial charge in [0.05, 0.1) is 29.5 Å². The third kappa shape index (κ3) is 4.46. The molecule has 4 rings (SSSR count). The molecule has 3 N–H and O–H groups in total. The molecule has 0 aliphatic heterocycles. The van der Waals surface area contributed by atoms with Crippen LogP contribution in [0.15, 0.2) is 47.0 Å². The number of methoxy groups -OCH3 is 1. The van der Waals surface area contributed by atoms with Crippen LogP contribution in [0, 0.1) is 0 Å². The lowest BCUT2D eigenvalue weighted by Crippen LogP contribution is -2.35. The van der Waals surface area contributed by atoms with E-state index in [1.54, 1.807) is 44.2 Å². The summed E-state index contributed by atoms with van der Waals surface area (Å²) in [6.45, 7) is 3.55. The minimum absolute atomic E-state index is 0.0944. The van der Waals surface area contributed by atoms with Gasteiger partial charge in [0.2, 0.25) is 0 Å². The van der Waals surface area contributed by atoms with E-state index in [0.717, 1.165) is 0 Å². The van der Waals surface area contributed by atoms with Crippen molar-refractivity contribution in [2.45, 2.75) is 19.9 Å². The molecule has 3 heterocycles. The van der Waals surface area contributed by atoms with Crippen molar-refractivity contribution in [1.82, 2.24) is 15.0 Å². The Morgan fingerprint density at radius 2 is 2.03 bits per heavy atom. The molecule has 1 aromatic carbocycles. The van der Waals surface area contributed by atoms with E-state index in [9.17, 15) is 14.7 Å². The summed E-state index contributed by atoms with van der Waals surface area (Å²) >= 11 is 6.38. The number of pyridine rings is 1. The number of anilines is 2. The van der Waals surface area contributed by atoms with Crippen LogP contribution in [0.25, 0.3) is 22.6 Å². The lowest BCUT2D eigenvalue weighted by molar-refractivity contribution is 0.0990. The van der Waals surface area contributed by atoms with Gasteiger partial charge in [-0.1, -0.05) is 11.6 Å². The van der Waals surface area contributed by atoms with Crippen molar-refractivity contribution in [2.24, 2.45) is 0 Å². The third-order valence-electron chi connectivity index (χ3n) is 4.81. The number of nitrogens with zero attached hydrogens (tertiary/aromatic N) is 3. The van der Waals surface area contributed by atoms with E-state index in [-0.39, 0.29) is 17.7 Å². The first kappa shape index (κ1) is 22.2. The highest BCUT2D eigenvalue weighted by atomic mass is 35.5. The zero-order valence-corrected chi connectivity index (χ0v) is 18.7. The highest BCUT2D eigenvalue weighted by Crippen LogP contribution is 2.31. The number of H-pyrrole nitrogens is 1. The number of benzene rings is 1. The second-order valence-electron chi connectivity index (χ2n) is 7.37. The van der Waals surface area contributed by atoms with E-state index in [0.29, 0.717) is 38.9 Å². The molecule has 0 radical (unpaired) electrons. The maximum absolute atomic E-state index is 12.4. The molecule has 0 aliphatic rings. The number of aromatic amines is 1. The number of fused-ring (bicyclic) bond motifs is 1. The van der Waals surface area contributed by atoms with Crippen LogP contribution in [0.4, 0.5) is 16.2 Å². The van der Waals surface area contributed by atoms with Gasteiger partial charge in [0.25, 0.3) is 11.9 Å². The maximum atomic E-state index is 12.4. The maximum Gasteiger partial charge on any atom is 0.412 e. The number of carbonyl (C=O) groups excluding carboxylic acids is 1. The smallest absolute Gasteiger partial charge is 0.412 e. The normalized spacial score (nSPS) is 11.1. The van der Waals surface area contributed by atoms with Gasteiger partial charge in [0.15, 0.2) is 11.4 Å². The van der Waals surface area contributed by atoms with Crippen molar-refractivity contribution in [3.05, 3.63) is 53.4 Å². The molecule has 0 bridgehead atoms. The van der Waals surface area contributed by atoms with E-state index in [1.165, 1.54) is 24.3 Å². The van der Waals surface area contributed by atoms with Gasteiger partial charge in [-0.2, -0.15) is 0 Å². The molecule has 170 valence electrons. The standard InChI is InChI=1S/C22H20ClN5O5/c1-11(2)28(22(30)31)13-9-16-20(24-10-13)27-19(26-16)14-8-12(4-5-15(14)23)25-21(29)17-6-7-18(32-3)33-17/h4-11H,1-3H3,(H,25,29)(H,30,31)(H,24,26,27). The van der Waals surface area contributed by atoms with Gasteiger partial charge in [-0.05, 0) is 44.2 Å². The Morgan fingerprint density at radius 3 is 2.70 bits per heavy atom. The van der Waals surface area contributed by atoms with Gasteiger partial charge < -0.3 is 24.6 Å². The molecule has 0 unspecified atom stereocenters. The van der Waals surface area contributed by atoms with Gasteiger partial charge in [-0.3, -0.25) is 9.69 Å². The number of ether oxygens (including phenoxy) is 1. The quantitative estimate of drug-likeness (QED) is 0.360. The van der Waals surface area contributed by atoms with E-state index >= 15 is 0 Å². The summed E-state index contributed by atoms with van der Waals surface area (Å²) < 4.78 is 10.2. The fourth-order valence-electron chi connectivity index (χ4n) is 3.31. The number of carboxylic acid groups (broad SMARTS) is 1. The molecule has 0 saturated carbocycles. The van der Waals surface area contributed by atoms with Gasteiger partial charge in [0, 0.05) is 23.4 Å². The van der Waals surface area contributed by atoms with Crippen molar-refractivity contribution >= 4 is 46.1 Å². The van der Waals surface area contributed by atoms with Gasteiger partial charge >= 0.3 is 6.09 Å². The number of hydrogen-bond acceptors (Lipinski definition) is 6. The first-order valence-electron chi connectivity index (χ1n) is 9.90. The number of halogens is 1. The summed E-state index contributed by atoms with van der Waals surface area (Å²) in [6, 6.07) is 9.39. The molecular weight excluding hydrogens is 450 g/mol. The van der Waals surface area contributed by atoms with Gasteiger partial charge in [-0.15, -0.1) is 0 Å². The number of carbonyl (C=O) groups is 2. The van der Waals surface area contributed by atoms with E-state index in [4.69, 9.17) is 20.8 Å². The number of aromatic nitrogens is 3. The number of amides is 2. The van der Waals surface area contributed by atoms with Crippen LogP contribution in [-0.2, 0) is 0 Å². The summed E-state index contributed by atoms with van der Waals surface area (Å²) in [5, 5.41) is 12.6. The van der Waals surface area contributed by atoms with Crippen LogP contribution in [0.1, 0.15) is 24.4 Å². The number of rotatable bonds is 6. The van der Waals surface area contributed by atoms with Crippen LogP contribution in [-0.4, -0.2) is 45.2 Å². The SMILES string of the molecule is COc1ccc(C(=O)Nc2ccc(Cl)c(-c3nc4ncc(N(C(=O)O)C(C)C)cc4[nH]3)c2)o1. The zero-order chi connectivity index (χ0) is 23.7. The summed E-state index contributed by atoms with van der Waals surface area (Å²) in [5.74, 6) is 0.286.